The second-order valence-corrected chi connectivity index (χ2v) is 4.21. The van der Waals surface area contributed by atoms with Crippen molar-refractivity contribution in [1.82, 2.24) is 0 Å². The van der Waals surface area contributed by atoms with Gasteiger partial charge in [-0.25, -0.2) is 4.79 Å². The van der Waals surface area contributed by atoms with Gasteiger partial charge in [-0.05, 0) is 24.6 Å². The number of aryl methyl sites for hydroxylation is 1. The van der Waals surface area contributed by atoms with Crippen LogP contribution in [-0.2, 0) is 0 Å². The minimum absolute atomic E-state index is 0.198. The quantitative estimate of drug-likeness (QED) is 0.639. The molecule has 0 amide bonds. The van der Waals surface area contributed by atoms with E-state index in [0.717, 1.165) is 0 Å². The van der Waals surface area contributed by atoms with Crippen LogP contribution < -0.4 is 10.9 Å². The number of benzene rings is 1. The molecule has 0 saturated heterocycles. The Balaban J connectivity index is 2.92. The summed E-state index contributed by atoms with van der Waals surface area (Å²) in [5.74, 6) is 0. The Hall–Kier alpha value is -1.27. The summed E-state index contributed by atoms with van der Waals surface area (Å²) in [6, 6.07) is 2.99. The minimum atomic E-state index is -1.01. The first kappa shape index (κ1) is 12.2. The van der Waals surface area contributed by atoms with Crippen molar-refractivity contribution in [3.8, 4) is 0 Å². The van der Waals surface area contributed by atoms with Crippen molar-refractivity contribution in [2.75, 3.05) is 5.23 Å². The molecule has 5 nitrogen and oxygen atoms in total. The third-order valence-corrected chi connectivity index (χ3v) is 3.08. The van der Waals surface area contributed by atoms with E-state index in [1.165, 1.54) is 12.1 Å². The van der Waals surface area contributed by atoms with Crippen molar-refractivity contribution in [2.24, 2.45) is 0 Å². The van der Waals surface area contributed by atoms with Crippen molar-refractivity contribution >= 4 is 39.9 Å². The van der Waals surface area contributed by atoms with E-state index >= 15 is 0 Å². The van der Waals surface area contributed by atoms with Crippen LogP contribution in [0.15, 0.2) is 21.3 Å². The first-order valence-corrected chi connectivity index (χ1v) is 5.26. The molecule has 17 heavy (non-hydrogen) atoms. The minimum Gasteiger partial charge on any atom is -0.733 e. The average molecular weight is 275 g/mol. The van der Waals surface area contributed by atoms with E-state index in [1.807, 2.05) is 0 Å². The smallest absolute Gasteiger partial charge is 0.363 e. The highest BCUT2D eigenvalue weighted by atomic mass is 35.5. The largest absolute Gasteiger partial charge is 0.733 e. The summed E-state index contributed by atoms with van der Waals surface area (Å²) in [6.07, 6.45) is 0. The topological polar surface area (TPSA) is 76.7 Å². The van der Waals surface area contributed by atoms with Gasteiger partial charge in [0.1, 0.15) is 5.58 Å². The van der Waals surface area contributed by atoms with Gasteiger partial charge < -0.3 is 14.9 Å². The van der Waals surface area contributed by atoms with Crippen LogP contribution in [0.1, 0.15) is 5.56 Å². The highest BCUT2D eigenvalue weighted by Crippen LogP contribution is 2.32. The summed E-state index contributed by atoms with van der Waals surface area (Å²) in [6.45, 7) is 1.73. The summed E-state index contributed by atoms with van der Waals surface area (Å²) in [5, 5.41) is 19.4. The zero-order valence-electron chi connectivity index (χ0n) is 8.53. The number of anilines is 1. The van der Waals surface area contributed by atoms with Crippen LogP contribution in [0.2, 0.25) is 10.0 Å². The molecule has 0 unspecified atom stereocenters. The first-order valence-electron chi connectivity index (χ1n) is 4.50. The molecule has 0 atom stereocenters. The van der Waals surface area contributed by atoms with Gasteiger partial charge in [0.2, 0.25) is 0 Å². The van der Waals surface area contributed by atoms with E-state index in [-0.39, 0.29) is 16.0 Å². The fourth-order valence-corrected chi connectivity index (χ4v) is 1.90. The van der Waals surface area contributed by atoms with Gasteiger partial charge in [0.05, 0.1) is 5.02 Å². The fourth-order valence-electron chi connectivity index (χ4n) is 1.44. The number of halogens is 2. The monoisotopic (exact) mass is 274 g/mol. The van der Waals surface area contributed by atoms with Gasteiger partial charge in [0.15, 0.2) is 5.69 Å². The van der Waals surface area contributed by atoms with Crippen molar-refractivity contribution in [2.45, 2.75) is 6.92 Å². The Labute approximate surface area is 105 Å². The molecule has 0 aliphatic carbocycles. The molecule has 0 radical (unpaired) electrons. The molecule has 1 aromatic carbocycles. The maximum atomic E-state index is 11.4. The standard InChI is InChI=1S/C10H6Cl2NO4/c1-4-2-7-5(3-6(4)11)8(12)9(13(15)16)10(14)17-7/h2-3,15H,1H3/q-1. The second kappa shape index (κ2) is 4.19. The molecule has 1 aromatic heterocycles. The molecule has 0 saturated carbocycles. The predicted molar refractivity (Wildman–Crippen MR) is 64.9 cm³/mol. The zero-order chi connectivity index (χ0) is 12.7. The van der Waals surface area contributed by atoms with Crippen LogP contribution >= 0.6 is 23.2 Å². The lowest BCUT2D eigenvalue weighted by Gasteiger charge is -2.21. The van der Waals surface area contributed by atoms with Crippen molar-refractivity contribution in [3.05, 3.63) is 43.4 Å². The van der Waals surface area contributed by atoms with E-state index in [9.17, 15) is 10.0 Å². The average Bonchev–Trinajstić information content (AvgIpc) is 2.21. The molecule has 0 aliphatic heterocycles. The Morgan fingerprint density at radius 3 is 2.65 bits per heavy atom. The number of nitrogens with zero attached hydrogens (tertiary/aromatic N) is 1. The molecular weight excluding hydrogens is 269 g/mol. The molecule has 0 aliphatic rings. The van der Waals surface area contributed by atoms with Crippen LogP contribution in [0.25, 0.3) is 11.0 Å². The normalized spacial score (nSPS) is 10.9. The van der Waals surface area contributed by atoms with Crippen molar-refractivity contribution < 1.29 is 9.62 Å². The molecule has 1 N–H and O–H groups in total. The Morgan fingerprint density at radius 1 is 1.41 bits per heavy atom. The van der Waals surface area contributed by atoms with Gasteiger partial charge >= 0.3 is 5.63 Å². The SMILES string of the molecule is Cc1cc2oc(=O)c(N([O-])O)c(Cl)c2cc1Cl. The van der Waals surface area contributed by atoms with Gasteiger partial charge in [-0.2, -0.15) is 0 Å². The molecule has 7 heteroatoms. The Kier molecular flexibility index (Phi) is 3.01. The van der Waals surface area contributed by atoms with E-state index in [1.54, 1.807) is 6.92 Å². The van der Waals surface area contributed by atoms with Crippen molar-refractivity contribution in [1.29, 1.82) is 0 Å². The fraction of sp³-hybridized carbons (Fsp3) is 0.100. The van der Waals surface area contributed by atoms with Crippen LogP contribution in [0.4, 0.5) is 5.69 Å². The molecular formula is C10H6Cl2NO4-. The van der Waals surface area contributed by atoms with Crippen molar-refractivity contribution in [3.63, 3.8) is 0 Å². The third-order valence-electron chi connectivity index (χ3n) is 2.29. The van der Waals surface area contributed by atoms with Crippen LogP contribution in [0.5, 0.6) is 0 Å². The van der Waals surface area contributed by atoms with Crippen LogP contribution in [-0.4, -0.2) is 5.21 Å². The maximum Gasteiger partial charge on any atom is 0.363 e. The second-order valence-electron chi connectivity index (χ2n) is 3.42. The molecule has 0 spiro atoms. The van der Waals surface area contributed by atoms with Gasteiger partial charge in [-0.15, -0.1) is 0 Å². The van der Waals surface area contributed by atoms with E-state index < -0.39 is 16.5 Å². The lowest BCUT2D eigenvalue weighted by molar-refractivity contribution is 0.292. The van der Waals surface area contributed by atoms with Gasteiger partial charge in [0.25, 0.3) is 0 Å². The van der Waals surface area contributed by atoms with E-state index in [0.29, 0.717) is 10.6 Å². The van der Waals surface area contributed by atoms with Crippen LogP contribution in [0.3, 0.4) is 0 Å². The highest BCUT2D eigenvalue weighted by Gasteiger charge is 2.15. The summed E-state index contributed by atoms with van der Waals surface area (Å²) in [4.78, 5) is 11.4. The summed E-state index contributed by atoms with van der Waals surface area (Å²) >= 11 is 11.7. The van der Waals surface area contributed by atoms with E-state index in [2.05, 4.69) is 0 Å². The molecule has 0 bridgehead atoms. The maximum absolute atomic E-state index is 11.4. The molecule has 2 aromatic rings. The third kappa shape index (κ3) is 1.98. The van der Waals surface area contributed by atoms with Gasteiger partial charge in [-0.1, -0.05) is 23.2 Å². The zero-order valence-corrected chi connectivity index (χ0v) is 10.0. The molecule has 1 heterocycles. The predicted octanol–water partition coefficient (Wildman–Crippen LogP) is 3.10. The highest BCUT2D eigenvalue weighted by molar-refractivity contribution is 6.39. The number of hydrogen-bond acceptors (Lipinski definition) is 5. The van der Waals surface area contributed by atoms with E-state index in [4.69, 9.17) is 32.8 Å². The Bertz CT molecular complexity index is 651. The van der Waals surface area contributed by atoms with Gasteiger partial charge in [-0.3, -0.25) is 5.21 Å². The lowest BCUT2D eigenvalue weighted by Crippen LogP contribution is -2.17. The summed E-state index contributed by atoms with van der Waals surface area (Å²) in [5.41, 5.74) is -0.776. The number of rotatable bonds is 1. The summed E-state index contributed by atoms with van der Waals surface area (Å²) < 4.78 is 4.87. The summed E-state index contributed by atoms with van der Waals surface area (Å²) in [7, 11) is 0. The molecule has 0 fully saturated rings. The first-order chi connectivity index (χ1) is 7.91. The van der Waals surface area contributed by atoms with Crippen LogP contribution in [0, 0.1) is 12.1 Å². The number of hydrogen-bond donors (Lipinski definition) is 1. The van der Waals surface area contributed by atoms with Gasteiger partial charge in [0, 0.05) is 10.4 Å². The molecule has 90 valence electrons. The number of fused-ring (bicyclic) bond motifs is 1. The lowest BCUT2D eigenvalue weighted by atomic mass is 10.1. The molecule has 2 rings (SSSR count). The Morgan fingerprint density at radius 2 is 2.06 bits per heavy atom.